The number of aromatic nitrogens is 2. The van der Waals surface area contributed by atoms with Gasteiger partial charge >= 0.3 is 0 Å². The molecule has 0 aromatic carbocycles. The summed E-state index contributed by atoms with van der Waals surface area (Å²) in [5, 5.41) is 8.27. The summed E-state index contributed by atoms with van der Waals surface area (Å²) in [5.41, 5.74) is 2.56. The Balaban J connectivity index is 2.58. The number of nitrogens with one attached hydrogen (secondary N) is 1. The lowest BCUT2D eigenvalue weighted by Gasteiger charge is -2.17. The first-order chi connectivity index (χ1) is 9.67. The van der Waals surface area contributed by atoms with E-state index in [-0.39, 0.29) is 0 Å². The van der Waals surface area contributed by atoms with Crippen molar-refractivity contribution in [2.75, 3.05) is 6.54 Å². The molecule has 1 unspecified atom stereocenters. The Morgan fingerprint density at radius 1 is 1.20 bits per heavy atom. The maximum atomic E-state index is 4.67. The zero-order valence-electron chi connectivity index (χ0n) is 13.5. The van der Waals surface area contributed by atoms with E-state index in [0.717, 1.165) is 25.9 Å². The van der Waals surface area contributed by atoms with Crippen LogP contribution in [0.1, 0.15) is 64.8 Å². The Morgan fingerprint density at radius 3 is 2.50 bits per heavy atom. The summed E-state index contributed by atoms with van der Waals surface area (Å²) in [4.78, 5) is 0. The van der Waals surface area contributed by atoms with Crippen LogP contribution in [0.5, 0.6) is 0 Å². The van der Waals surface area contributed by atoms with Crippen molar-refractivity contribution >= 4 is 15.9 Å². The Bertz CT molecular complexity index is 381. The highest BCUT2D eigenvalue weighted by Gasteiger charge is 2.14. The molecule has 20 heavy (non-hydrogen) atoms. The fourth-order valence-corrected chi connectivity index (χ4v) is 3.52. The average Bonchev–Trinajstić information content (AvgIpc) is 2.75. The molecular formula is C16H30BrN3. The van der Waals surface area contributed by atoms with Crippen LogP contribution in [0.25, 0.3) is 0 Å². The normalized spacial score (nSPS) is 12.8. The molecule has 1 aromatic rings. The van der Waals surface area contributed by atoms with Gasteiger partial charge in [-0.05, 0) is 61.5 Å². The van der Waals surface area contributed by atoms with Gasteiger partial charge in [-0.25, -0.2) is 0 Å². The molecule has 0 radical (unpaired) electrons. The largest absolute Gasteiger partial charge is 0.314 e. The SMILES string of the molecule is CCCC(CCCc1c(Br)c(CC)nn1CC)NCC. The van der Waals surface area contributed by atoms with E-state index in [4.69, 9.17) is 0 Å². The molecule has 1 atom stereocenters. The molecule has 0 saturated carbocycles. The number of halogens is 1. The zero-order chi connectivity index (χ0) is 15.0. The van der Waals surface area contributed by atoms with Gasteiger partial charge in [0.05, 0.1) is 15.9 Å². The molecular weight excluding hydrogens is 314 g/mol. The average molecular weight is 344 g/mol. The van der Waals surface area contributed by atoms with Gasteiger partial charge in [0.25, 0.3) is 0 Å². The fourth-order valence-electron chi connectivity index (χ4n) is 2.76. The molecule has 1 rings (SSSR count). The Labute approximate surface area is 132 Å². The number of nitrogens with zero attached hydrogens (tertiary/aromatic N) is 2. The highest BCUT2D eigenvalue weighted by atomic mass is 79.9. The predicted molar refractivity (Wildman–Crippen MR) is 90.3 cm³/mol. The van der Waals surface area contributed by atoms with E-state index in [1.54, 1.807) is 0 Å². The molecule has 116 valence electrons. The summed E-state index contributed by atoms with van der Waals surface area (Å²) in [6.45, 7) is 10.8. The third kappa shape index (κ3) is 4.88. The Morgan fingerprint density at radius 2 is 1.95 bits per heavy atom. The van der Waals surface area contributed by atoms with Gasteiger partial charge < -0.3 is 5.32 Å². The van der Waals surface area contributed by atoms with E-state index < -0.39 is 0 Å². The predicted octanol–water partition coefficient (Wildman–Crippen LogP) is 4.33. The Kier molecular flexibility index (Phi) is 8.46. The second-order valence-corrected chi connectivity index (χ2v) is 6.11. The van der Waals surface area contributed by atoms with Crippen molar-refractivity contribution in [3.8, 4) is 0 Å². The monoisotopic (exact) mass is 343 g/mol. The molecule has 3 nitrogen and oxygen atoms in total. The van der Waals surface area contributed by atoms with E-state index >= 15 is 0 Å². The standard InChI is InChI=1S/C16H30BrN3/c1-5-10-13(18-7-3)11-9-12-15-16(17)14(6-2)19-20(15)8-4/h13,18H,5-12H2,1-4H3. The van der Waals surface area contributed by atoms with E-state index in [0.29, 0.717) is 6.04 Å². The van der Waals surface area contributed by atoms with Crippen molar-refractivity contribution in [2.24, 2.45) is 0 Å². The van der Waals surface area contributed by atoms with Crippen LogP contribution in [0.15, 0.2) is 4.47 Å². The number of rotatable bonds is 10. The molecule has 0 aliphatic rings. The molecule has 1 heterocycles. The smallest absolute Gasteiger partial charge is 0.0766 e. The van der Waals surface area contributed by atoms with E-state index in [9.17, 15) is 0 Å². The van der Waals surface area contributed by atoms with Crippen molar-refractivity contribution in [1.82, 2.24) is 15.1 Å². The lowest BCUT2D eigenvalue weighted by Crippen LogP contribution is -2.28. The van der Waals surface area contributed by atoms with Crippen LogP contribution in [0.2, 0.25) is 0 Å². The lowest BCUT2D eigenvalue weighted by atomic mass is 10.0. The van der Waals surface area contributed by atoms with E-state index in [1.807, 2.05) is 0 Å². The van der Waals surface area contributed by atoms with Crippen LogP contribution in [-0.2, 0) is 19.4 Å². The summed E-state index contributed by atoms with van der Waals surface area (Å²) >= 11 is 3.73. The van der Waals surface area contributed by atoms with Gasteiger partial charge in [0, 0.05) is 12.6 Å². The second-order valence-electron chi connectivity index (χ2n) is 5.31. The quantitative estimate of drug-likeness (QED) is 0.685. The van der Waals surface area contributed by atoms with Gasteiger partial charge in [0.2, 0.25) is 0 Å². The third-order valence-electron chi connectivity index (χ3n) is 3.79. The van der Waals surface area contributed by atoms with Gasteiger partial charge in [-0.1, -0.05) is 27.2 Å². The maximum Gasteiger partial charge on any atom is 0.0766 e. The van der Waals surface area contributed by atoms with Crippen LogP contribution in [0, 0.1) is 0 Å². The van der Waals surface area contributed by atoms with Gasteiger partial charge in [0.1, 0.15) is 0 Å². The van der Waals surface area contributed by atoms with Crippen LogP contribution in [0.3, 0.4) is 0 Å². The minimum Gasteiger partial charge on any atom is -0.314 e. The number of hydrogen-bond acceptors (Lipinski definition) is 2. The summed E-state index contributed by atoms with van der Waals surface area (Å²) < 4.78 is 3.39. The topological polar surface area (TPSA) is 29.9 Å². The van der Waals surface area contributed by atoms with Crippen LogP contribution in [0.4, 0.5) is 0 Å². The highest BCUT2D eigenvalue weighted by Crippen LogP contribution is 2.24. The molecule has 0 spiro atoms. The summed E-state index contributed by atoms with van der Waals surface area (Å²) in [7, 11) is 0. The van der Waals surface area contributed by atoms with Gasteiger partial charge in [-0.3, -0.25) is 4.68 Å². The molecule has 0 amide bonds. The summed E-state index contributed by atoms with van der Waals surface area (Å²) in [5.74, 6) is 0. The first-order valence-electron chi connectivity index (χ1n) is 8.15. The zero-order valence-corrected chi connectivity index (χ0v) is 15.1. The summed E-state index contributed by atoms with van der Waals surface area (Å²) in [6, 6.07) is 0.674. The molecule has 0 saturated heterocycles. The first-order valence-corrected chi connectivity index (χ1v) is 8.94. The molecule has 1 N–H and O–H groups in total. The third-order valence-corrected chi connectivity index (χ3v) is 4.71. The highest BCUT2D eigenvalue weighted by molar-refractivity contribution is 9.10. The molecule has 0 bridgehead atoms. The summed E-state index contributed by atoms with van der Waals surface area (Å²) in [6.07, 6.45) is 7.13. The molecule has 0 aliphatic heterocycles. The van der Waals surface area contributed by atoms with Crippen LogP contribution in [-0.4, -0.2) is 22.4 Å². The first kappa shape index (κ1) is 17.7. The Hall–Kier alpha value is -0.350. The van der Waals surface area contributed by atoms with Crippen LogP contribution >= 0.6 is 15.9 Å². The van der Waals surface area contributed by atoms with E-state index in [2.05, 4.69) is 58.7 Å². The molecule has 4 heteroatoms. The number of aryl methyl sites for hydroxylation is 2. The minimum atomic E-state index is 0.674. The lowest BCUT2D eigenvalue weighted by molar-refractivity contribution is 0.443. The maximum absolute atomic E-state index is 4.67. The fraction of sp³-hybridized carbons (Fsp3) is 0.812. The van der Waals surface area contributed by atoms with Crippen molar-refractivity contribution in [3.05, 3.63) is 15.9 Å². The van der Waals surface area contributed by atoms with Crippen molar-refractivity contribution in [1.29, 1.82) is 0 Å². The van der Waals surface area contributed by atoms with Gasteiger partial charge in [0.15, 0.2) is 0 Å². The minimum absolute atomic E-state index is 0.674. The number of hydrogen-bond donors (Lipinski definition) is 1. The van der Waals surface area contributed by atoms with Crippen molar-refractivity contribution < 1.29 is 0 Å². The molecule has 0 aliphatic carbocycles. The van der Waals surface area contributed by atoms with Gasteiger partial charge in [-0.15, -0.1) is 0 Å². The van der Waals surface area contributed by atoms with E-state index in [1.165, 1.54) is 41.5 Å². The molecule has 1 aromatic heterocycles. The van der Waals surface area contributed by atoms with Crippen molar-refractivity contribution in [3.63, 3.8) is 0 Å². The van der Waals surface area contributed by atoms with Gasteiger partial charge in [-0.2, -0.15) is 5.10 Å². The second kappa shape index (κ2) is 9.56. The van der Waals surface area contributed by atoms with Crippen molar-refractivity contribution in [2.45, 2.75) is 78.8 Å². The molecule has 0 fully saturated rings. The van der Waals surface area contributed by atoms with Crippen LogP contribution < -0.4 is 5.32 Å².